The molecule has 0 aliphatic rings. The number of hydrogen-bond donors (Lipinski definition) is 0. The summed E-state index contributed by atoms with van der Waals surface area (Å²) < 4.78 is 5.63. The van der Waals surface area contributed by atoms with Crippen molar-refractivity contribution >= 4 is 23.2 Å². The van der Waals surface area contributed by atoms with Crippen LogP contribution in [0.5, 0.6) is 5.75 Å². The molecule has 0 N–H and O–H groups in total. The van der Waals surface area contributed by atoms with Crippen LogP contribution in [-0.2, 0) is 12.5 Å². The summed E-state index contributed by atoms with van der Waals surface area (Å²) in [5, 5.41) is 0.708. The SMILES string of the molecule is ClCc1cc(OCc2ccccc2Cl)ccn1. The number of rotatable bonds is 4. The molecule has 0 amide bonds. The van der Waals surface area contributed by atoms with Crippen LogP contribution in [0.3, 0.4) is 0 Å². The Kier molecular flexibility index (Phi) is 4.24. The zero-order valence-corrected chi connectivity index (χ0v) is 10.6. The third-order valence-electron chi connectivity index (χ3n) is 2.28. The molecule has 2 rings (SSSR count). The van der Waals surface area contributed by atoms with Crippen LogP contribution in [0.1, 0.15) is 11.3 Å². The van der Waals surface area contributed by atoms with Gasteiger partial charge in [0, 0.05) is 22.8 Å². The van der Waals surface area contributed by atoms with Crippen molar-refractivity contribution in [2.45, 2.75) is 12.5 Å². The molecule has 0 aliphatic heterocycles. The van der Waals surface area contributed by atoms with E-state index in [4.69, 9.17) is 27.9 Å². The largest absolute Gasteiger partial charge is 0.489 e. The summed E-state index contributed by atoms with van der Waals surface area (Å²) in [5.41, 5.74) is 1.75. The van der Waals surface area contributed by atoms with Crippen LogP contribution in [0, 0.1) is 0 Å². The highest BCUT2D eigenvalue weighted by atomic mass is 35.5. The third-order valence-corrected chi connectivity index (χ3v) is 2.92. The molecule has 1 aromatic carbocycles. The lowest BCUT2D eigenvalue weighted by atomic mass is 10.2. The minimum absolute atomic E-state index is 0.378. The van der Waals surface area contributed by atoms with E-state index in [-0.39, 0.29) is 0 Å². The van der Waals surface area contributed by atoms with E-state index in [2.05, 4.69) is 4.98 Å². The first kappa shape index (κ1) is 12.2. The van der Waals surface area contributed by atoms with Crippen molar-refractivity contribution in [2.75, 3.05) is 0 Å². The van der Waals surface area contributed by atoms with Gasteiger partial charge >= 0.3 is 0 Å². The van der Waals surface area contributed by atoms with Gasteiger partial charge in [-0.3, -0.25) is 4.98 Å². The lowest BCUT2D eigenvalue weighted by molar-refractivity contribution is 0.305. The minimum atomic E-state index is 0.378. The van der Waals surface area contributed by atoms with Crippen molar-refractivity contribution < 1.29 is 4.74 Å². The van der Waals surface area contributed by atoms with E-state index in [1.165, 1.54) is 0 Å². The Labute approximate surface area is 110 Å². The highest BCUT2D eigenvalue weighted by Gasteiger charge is 2.01. The summed E-state index contributed by atoms with van der Waals surface area (Å²) in [4.78, 5) is 4.09. The third kappa shape index (κ3) is 3.35. The number of nitrogens with zero attached hydrogens (tertiary/aromatic N) is 1. The maximum atomic E-state index is 6.04. The predicted molar refractivity (Wildman–Crippen MR) is 69.6 cm³/mol. The Morgan fingerprint density at radius 3 is 2.76 bits per heavy atom. The fourth-order valence-corrected chi connectivity index (χ4v) is 1.73. The number of alkyl halides is 1. The monoisotopic (exact) mass is 267 g/mol. The van der Waals surface area contributed by atoms with E-state index in [1.807, 2.05) is 30.3 Å². The van der Waals surface area contributed by atoms with E-state index in [0.717, 1.165) is 17.0 Å². The second kappa shape index (κ2) is 5.89. The lowest BCUT2D eigenvalue weighted by Gasteiger charge is -2.08. The van der Waals surface area contributed by atoms with Crippen LogP contribution in [0.25, 0.3) is 0 Å². The summed E-state index contributed by atoms with van der Waals surface area (Å²) in [7, 11) is 0. The van der Waals surface area contributed by atoms with E-state index in [9.17, 15) is 0 Å². The molecule has 4 heteroatoms. The highest BCUT2D eigenvalue weighted by Crippen LogP contribution is 2.18. The molecule has 1 aromatic heterocycles. The van der Waals surface area contributed by atoms with Crippen molar-refractivity contribution in [3.05, 3.63) is 58.9 Å². The summed E-state index contributed by atoms with van der Waals surface area (Å²) in [6, 6.07) is 11.2. The molecule has 0 atom stereocenters. The van der Waals surface area contributed by atoms with E-state index in [1.54, 1.807) is 12.3 Å². The number of benzene rings is 1. The van der Waals surface area contributed by atoms with Crippen LogP contribution in [0.4, 0.5) is 0 Å². The minimum Gasteiger partial charge on any atom is -0.489 e. The molecule has 0 spiro atoms. The van der Waals surface area contributed by atoms with Gasteiger partial charge in [-0.2, -0.15) is 0 Å². The second-order valence-electron chi connectivity index (χ2n) is 3.50. The smallest absolute Gasteiger partial charge is 0.123 e. The first-order valence-corrected chi connectivity index (χ1v) is 6.08. The molecule has 0 bridgehead atoms. The van der Waals surface area contributed by atoms with E-state index < -0.39 is 0 Å². The first-order valence-electron chi connectivity index (χ1n) is 5.16. The van der Waals surface area contributed by atoms with Crippen LogP contribution >= 0.6 is 23.2 Å². The quantitative estimate of drug-likeness (QED) is 0.780. The van der Waals surface area contributed by atoms with E-state index in [0.29, 0.717) is 17.5 Å². The summed E-state index contributed by atoms with van der Waals surface area (Å²) in [6.45, 7) is 0.436. The van der Waals surface area contributed by atoms with Crippen LogP contribution in [0.2, 0.25) is 5.02 Å². The van der Waals surface area contributed by atoms with Gasteiger partial charge in [-0.15, -0.1) is 11.6 Å². The Bertz CT molecular complexity index is 502. The van der Waals surface area contributed by atoms with Gasteiger partial charge in [-0.25, -0.2) is 0 Å². The van der Waals surface area contributed by atoms with Gasteiger partial charge in [-0.1, -0.05) is 29.8 Å². The summed E-state index contributed by atoms with van der Waals surface area (Å²) >= 11 is 11.7. The van der Waals surface area contributed by atoms with Crippen LogP contribution in [0.15, 0.2) is 42.6 Å². The molecular formula is C13H11Cl2NO. The normalized spacial score (nSPS) is 10.2. The molecule has 0 fully saturated rings. The fraction of sp³-hybridized carbons (Fsp3) is 0.154. The van der Waals surface area contributed by atoms with Gasteiger partial charge in [0.25, 0.3) is 0 Å². The molecule has 2 aromatic rings. The first-order chi connectivity index (χ1) is 8.29. The van der Waals surface area contributed by atoms with Gasteiger partial charge in [0.15, 0.2) is 0 Å². The average molecular weight is 268 g/mol. The fourth-order valence-electron chi connectivity index (χ4n) is 1.40. The maximum absolute atomic E-state index is 6.04. The Hall–Kier alpha value is -1.25. The molecular weight excluding hydrogens is 257 g/mol. The molecule has 88 valence electrons. The van der Waals surface area contributed by atoms with Gasteiger partial charge in [-0.05, 0) is 12.1 Å². The van der Waals surface area contributed by atoms with Gasteiger partial charge < -0.3 is 4.74 Å². The summed E-state index contributed by atoms with van der Waals surface area (Å²) in [5.74, 6) is 1.12. The Morgan fingerprint density at radius 1 is 1.18 bits per heavy atom. The zero-order chi connectivity index (χ0) is 12.1. The molecule has 1 heterocycles. The number of halogens is 2. The molecule has 17 heavy (non-hydrogen) atoms. The molecule has 2 nitrogen and oxygen atoms in total. The highest BCUT2D eigenvalue weighted by molar-refractivity contribution is 6.31. The molecule has 0 saturated carbocycles. The standard InChI is InChI=1S/C13H11Cl2NO/c14-8-11-7-12(5-6-16-11)17-9-10-3-1-2-4-13(10)15/h1-7H,8-9H2. The van der Waals surface area contributed by atoms with Crippen LogP contribution < -0.4 is 4.74 Å². The molecule has 0 saturated heterocycles. The number of pyridine rings is 1. The number of aromatic nitrogens is 1. The predicted octanol–water partition coefficient (Wildman–Crippen LogP) is 4.05. The Morgan fingerprint density at radius 2 is 2.00 bits per heavy atom. The maximum Gasteiger partial charge on any atom is 0.123 e. The van der Waals surface area contributed by atoms with Crippen molar-refractivity contribution in [2.24, 2.45) is 0 Å². The van der Waals surface area contributed by atoms with Gasteiger partial charge in [0.05, 0.1) is 11.6 Å². The summed E-state index contributed by atoms with van der Waals surface area (Å²) in [6.07, 6.45) is 1.68. The topological polar surface area (TPSA) is 22.1 Å². The molecule has 0 radical (unpaired) electrons. The van der Waals surface area contributed by atoms with Gasteiger partial charge in [0.1, 0.15) is 12.4 Å². The lowest BCUT2D eigenvalue weighted by Crippen LogP contribution is -1.97. The number of hydrogen-bond acceptors (Lipinski definition) is 2. The Balaban J connectivity index is 2.05. The van der Waals surface area contributed by atoms with Crippen molar-refractivity contribution in [3.63, 3.8) is 0 Å². The average Bonchev–Trinajstić information content (AvgIpc) is 2.38. The molecule has 0 aliphatic carbocycles. The van der Waals surface area contributed by atoms with E-state index >= 15 is 0 Å². The number of ether oxygens (including phenoxy) is 1. The van der Waals surface area contributed by atoms with Crippen molar-refractivity contribution in [1.29, 1.82) is 0 Å². The van der Waals surface area contributed by atoms with Crippen LogP contribution in [-0.4, -0.2) is 4.98 Å². The second-order valence-corrected chi connectivity index (χ2v) is 4.17. The van der Waals surface area contributed by atoms with Crippen molar-refractivity contribution in [1.82, 2.24) is 4.98 Å². The zero-order valence-electron chi connectivity index (χ0n) is 9.07. The molecule has 0 unspecified atom stereocenters. The van der Waals surface area contributed by atoms with Crippen molar-refractivity contribution in [3.8, 4) is 5.75 Å². The van der Waals surface area contributed by atoms with Gasteiger partial charge in [0.2, 0.25) is 0 Å².